The molecule has 0 amide bonds. The highest BCUT2D eigenvalue weighted by atomic mass is 16.6. The minimum absolute atomic E-state index is 0.191. The lowest BCUT2D eigenvalue weighted by Gasteiger charge is -2.25. The summed E-state index contributed by atoms with van der Waals surface area (Å²) >= 11 is 0. The second-order valence-electron chi connectivity index (χ2n) is 6.63. The summed E-state index contributed by atoms with van der Waals surface area (Å²) in [7, 11) is 3.62. The van der Waals surface area contributed by atoms with Crippen LogP contribution in [0.15, 0.2) is 0 Å². The predicted octanol–water partition coefficient (Wildman–Crippen LogP) is 3.12. The van der Waals surface area contributed by atoms with Gasteiger partial charge in [0.1, 0.15) is 0 Å². The number of hydrogen-bond acceptors (Lipinski definition) is 4. The summed E-state index contributed by atoms with van der Waals surface area (Å²) in [5, 5.41) is 9.69. The van der Waals surface area contributed by atoms with Gasteiger partial charge in [0.15, 0.2) is 6.29 Å². The number of ether oxygens (including phenoxy) is 3. The summed E-state index contributed by atoms with van der Waals surface area (Å²) in [4.78, 5) is 0. The van der Waals surface area contributed by atoms with Crippen molar-refractivity contribution < 1.29 is 19.3 Å². The first-order valence-electron chi connectivity index (χ1n) is 8.58. The summed E-state index contributed by atoms with van der Waals surface area (Å²) in [6, 6.07) is 0. The molecule has 2 rings (SSSR count). The molecule has 1 N–H and O–H groups in total. The molecule has 0 spiro atoms. The van der Waals surface area contributed by atoms with Crippen LogP contribution >= 0.6 is 0 Å². The maximum absolute atomic E-state index is 9.69. The molecule has 4 heteroatoms. The van der Waals surface area contributed by atoms with Gasteiger partial charge in [0, 0.05) is 27.1 Å². The van der Waals surface area contributed by atoms with Gasteiger partial charge in [-0.2, -0.15) is 0 Å². The fourth-order valence-electron chi connectivity index (χ4n) is 4.15. The first kappa shape index (κ1) is 17.2. The molecule has 2 aliphatic rings. The molecule has 0 aromatic heterocycles. The van der Waals surface area contributed by atoms with Crippen LogP contribution in [0.25, 0.3) is 0 Å². The van der Waals surface area contributed by atoms with Gasteiger partial charge in [-0.1, -0.05) is 26.2 Å². The van der Waals surface area contributed by atoms with E-state index in [2.05, 4.69) is 6.92 Å². The lowest BCUT2D eigenvalue weighted by molar-refractivity contribution is -0.0967. The zero-order valence-electron chi connectivity index (χ0n) is 13.8. The van der Waals surface area contributed by atoms with Crippen LogP contribution in [0.2, 0.25) is 0 Å². The maximum atomic E-state index is 9.69. The third-order valence-corrected chi connectivity index (χ3v) is 5.36. The van der Waals surface area contributed by atoms with Crippen LogP contribution in [0.3, 0.4) is 0 Å². The van der Waals surface area contributed by atoms with Gasteiger partial charge in [-0.15, -0.1) is 0 Å². The van der Waals surface area contributed by atoms with E-state index in [1.54, 1.807) is 7.11 Å². The first-order chi connectivity index (χ1) is 10.2. The third kappa shape index (κ3) is 4.41. The average Bonchev–Trinajstić information content (AvgIpc) is 2.98. The Bertz CT molecular complexity index is 297. The van der Waals surface area contributed by atoms with Crippen molar-refractivity contribution in [1.82, 2.24) is 0 Å². The molecule has 0 radical (unpaired) electrons. The van der Waals surface area contributed by atoms with Gasteiger partial charge in [0.25, 0.3) is 0 Å². The Morgan fingerprint density at radius 3 is 2.67 bits per heavy atom. The zero-order valence-corrected chi connectivity index (χ0v) is 13.8. The van der Waals surface area contributed by atoms with E-state index < -0.39 is 6.29 Å². The second kappa shape index (κ2) is 8.47. The summed E-state index contributed by atoms with van der Waals surface area (Å²) in [6.45, 7) is 2.23. The summed E-state index contributed by atoms with van der Waals surface area (Å²) in [5.74, 6) is 0.957. The molecule has 6 atom stereocenters. The second-order valence-corrected chi connectivity index (χ2v) is 6.63. The topological polar surface area (TPSA) is 47.9 Å². The number of aliphatic hydroxyl groups excluding tert-OH is 1. The van der Waals surface area contributed by atoms with Crippen LogP contribution in [0.5, 0.6) is 0 Å². The van der Waals surface area contributed by atoms with Crippen LogP contribution in [0.4, 0.5) is 0 Å². The SMILES string of the molecule is CCCCCC(CCC1C(OC)CC2OC(O)CC21)OC. The van der Waals surface area contributed by atoms with E-state index in [0.29, 0.717) is 17.9 Å². The van der Waals surface area contributed by atoms with Gasteiger partial charge in [-0.05, 0) is 31.1 Å². The molecule has 124 valence electrons. The van der Waals surface area contributed by atoms with E-state index in [-0.39, 0.29) is 12.2 Å². The van der Waals surface area contributed by atoms with Crippen LogP contribution in [-0.4, -0.2) is 43.9 Å². The van der Waals surface area contributed by atoms with Gasteiger partial charge in [-0.3, -0.25) is 0 Å². The van der Waals surface area contributed by atoms with Crippen LogP contribution in [0, 0.1) is 11.8 Å². The Balaban J connectivity index is 1.81. The highest BCUT2D eigenvalue weighted by Gasteiger charge is 2.49. The molecule has 1 aliphatic heterocycles. The number of fused-ring (bicyclic) bond motifs is 1. The van der Waals surface area contributed by atoms with Gasteiger partial charge in [-0.25, -0.2) is 0 Å². The molecule has 1 heterocycles. The fraction of sp³-hybridized carbons (Fsp3) is 1.00. The Kier molecular flexibility index (Phi) is 6.93. The van der Waals surface area contributed by atoms with E-state index in [0.717, 1.165) is 32.1 Å². The Morgan fingerprint density at radius 1 is 1.19 bits per heavy atom. The number of rotatable bonds is 9. The normalized spacial score (nSPS) is 36.9. The molecule has 0 bridgehead atoms. The van der Waals surface area contributed by atoms with Gasteiger partial charge < -0.3 is 19.3 Å². The van der Waals surface area contributed by atoms with Crippen molar-refractivity contribution >= 4 is 0 Å². The molecule has 2 fully saturated rings. The maximum Gasteiger partial charge on any atom is 0.155 e. The first-order valence-corrected chi connectivity index (χ1v) is 8.58. The molecule has 1 saturated carbocycles. The third-order valence-electron chi connectivity index (χ3n) is 5.36. The van der Waals surface area contributed by atoms with Gasteiger partial charge in [0.05, 0.1) is 18.3 Å². The Labute approximate surface area is 129 Å². The lowest BCUT2D eigenvalue weighted by atomic mass is 9.86. The van der Waals surface area contributed by atoms with Crippen molar-refractivity contribution in [3.05, 3.63) is 0 Å². The summed E-state index contributed by atoms with van der Waals surface area (Å²) in [6.07, 6.45) is 9.10. The minimum Gasteiger partial charge on any atom is -0.381 e. The average molecular weight is 300 g/mol. The van der Waals surface area contributed by atoms with E-state index in [9.17, 15) is 5.11 Å². The Hall–Kier alpha value is -0.160. The number of unbranched alkanes of at least 4 members (excludes halogenated alkanes) is 2. The highest BCUT2D eigenvalue weighted by Crippen LogP contribution is 2.46. The smallest absolute Gasteiger partial charge is 0.155 e. The molecule has 0 aromatic carbocycles. The number of hydrogen-bond donors (Lipinski definition) is 1. The predicted molar refractivity (Wildman–Crippen MR) is 82.1 cm³/mol. The van der Waals surface area contributed by atoms with Crippen molar-refractivity contribution in [2.45, 2.75) is 82.9 Å². The molecular weight excluding hydrogens is 268 g/mol. The number of aliphatic hydroxyl groups is 1. The molecule has 1 aliphatic carbocycles. The molecule has 4 nitrogen and oxygen atoms in total. The van der Waals surface area contributed by atoms with Crippen molar-refractivity contribution in [2.75, 3.05) is 14.2 Å². The monoisotopic (exact) mass is 300 g/mol. The Morgan fingerprint density at radius 2 is 2.00 bits per heavy atom. The highest BCUT2D eigenvalue weighted by molar-refractivity contribution is 4.96. The standard InChI is InChI=1S/C17H32O4/c1-4-5-6-7-12(19-2)8-9-13-14-10-17(18)21-16(14)11-15(13)20-3/h12-18H,4-11H2,1-3H3. The van der Waals surface area contributed by atoms with Gasteiger partial charge in [0.2, 0.25) is 0 Å². The molecule has 6 unspecified atom stereocenters. The van der Waals surface area contributed by atoms with E-state index in [1.807, 2.05) is 7.11 Å². The molecular formula is C17H32O4. The molecule has 0 aromatic rings. The fourth-order valence-corrected chi connectivity index (χ4v) is 4.15. The van der Waals surface area contributed by atoms with Crippen LogP contribution in [-0.2, 0) is 14.2 Å². The van der Waals surface area contributed by atoms with E-state index in [4.69, 9.17) is 14.2 Å². The largest absolute Gasteiger partial charge is 0.381 e. The van der Waals surface area contributed by atoms with Crippen molar-refractivity contribution in [2.24, 2.45) is 11.8 Å². The summed E-state index contributed by atoms with van der Waals surface area (Å²) < 4.78 is 16.9. The summed E-state index contributed by atoms with van der Waals surface area (Å²) in [5.41, 5.74) is 0. The lowest BCUT2D eigenvalue weighted by Crippen LogP contribution is -2.24. The quantitative estimate of drug-likeness (QED) is 0.665. The number of methoxy groups -OCH3 is 2. The van der Waals surface area contributed by atoms with Crippen LogP contribution < -0.4 is 0 Å². The zero-order chi connectivity index (χ0) is 15.2. The van der Waals surface area contributed by atoms with Gasteiger partial charge >= 0.3 is 0 Å². The van der Waals surface area contributed by atoms with Crippen LogP contribution in [0.1, 0.15) is 58.3 Å². The van der Waals surface area contributed by atoms with Crippen molar-refractivity contribution in [3.8, 4) is 0 Å². The van der Waals surface area contributed by atoms with E-state index >= 15 is 0 Å². The van der Waals surface area contributed by atoms with Crippen molar-refractivity contribution in [3.63, 3.8) is 0 Å². The van der Waals surface area contributed by atoms with Crippen molar-refractivity contribution in [1.29, 1.82) is 0 Å². The van der Waals surface area contributed by atoms with E-state index in [1.165, 1.54) is 19.3 Å². The minimum atomic E-state index is -0.567. The molecule has 1 saturated heterocycles. The molecule has 21 heavy (non-hydrogen) atoms.